The van der Waals surface area contributed by atoms with Crippen LogP contribution in [0.4, 0.5) is 4.79 Å². The van der Waals surface area contributed by atoms with E-state index in [0.29, 0.717) is 18.8 Å². The highest BCUT2D eigenvalue weighted by molar-refractivity contribution is 5.84. The zero-order chi connectivity index (χ0) is 19.4. The van der Waals surface area contributed by atoms with E-state index in [1.165, 1.54) is 6.07 Å². The number of carbonyl (C=O) groups is 1. The highest BCUT2D eigenvalue weighted by atomic mass is 16.5. The summed E-state index contributed by atoms with van der Waals surface area (Å²) in [6.07, 6.45) is 0.544. The number of likely N-dealkylation sites (tertiary alicyclic amines) is 1. The number of pyridine rings is 1. The van der Waals surface area contributed by atoms with Crippen LogP contribution in [0.2, 0.25) is 0 Å². The molecule has 0 spiro atoms. The number of aliphatic hydroxyl groups is 1. The molecule has 1 aromatic heterocycles. The van der Waals surface area contributed by atoms with Crippen LogP contribution in [0.5, 0.6) is 5.75 Å². The molecule has 8 heteroatoms. The molecule has 0 saturated carbocycles. The first-order valence-electron chi connectivity index (χ1n) is 9.05. The van der Waals surface area contributed by atoms with Crippen LogP contribution in [0.3, 0.4) is 0 Å². The molecule has 1 aliphatic heterocycles. The van der Waals surface area contributed by atoms with Crippen molar-refractivity contribution in [3.63, 3.8) is 0 Å². The average molecular weight is 375 g/mol. The van der Waals surface area contributed by atoms with Gasteiger partial charge in [-0.15, -0.1) is 0 Å². The average Bonchev–Trinajstić information content (AvgIpc) is 2.67. The van der Waals surface area contributed by atoms with Gasteiger partial charge in [0.1, 0.15) is 5.75 Å². The first-order chi connectivity index (χ1) is 13.0. The Labute approximate surface area is 157 Å². The maximum Gasteiger partial charge on any atom is 0.404 e. The van der Waals surface area contributed by atoms with Crippen molar-refractivity contribution in [3.05, 3.63) is 40.2 Å². The van der Waals surface area contributed by atoms with E-state index < -0.39 is 6.09 Å². The first-order valence-corrected chi connectivity index (χ1v) is 9.05. The van der Waals surface area contributed by atoms with Crippen molar-refractivity contribution < 1.29 is 19.7 Å². The van der Waals surface area contributed by atoms with E-state index in [1.807, 2.05) is 6.07 Å². The van der Waals surface area contributed by atoms with Crippen molar-refractivity contribution in [2.45, 2.75) is 32.0 Å². The second-order valence-electron chi connectivity index (χ2n) is 6.77. The van der Waals surface area contributed by atoms with Crippen LogP contribution in [-0.2, 0) is 13.2 Å². The minimum atomic E-state index is -0.982. The summed E-state index contributed by atoms with van der Waals surface area (Å²) in [5, 5.41) is 21.8. The van der Waals surface area contributed by atoms with Gasteiger partial charge >= 0.3 is 6.09 Å². The van der Waals surface area contributed by atoms with E-state index in [2.05, 4.69) is 10.2 Å². The lowest BCUT2D eigenvalue weighted by atomic mass is 10.1. The number of carboxylic acid groups (broad SMARTS) is 1. The Kier molecular flexibility index (Phi) is 5.98. The predicted octanol–water partition coefficient (Wildman–Crippen LogP) is 1.23. The minimum absolute atomic E-state index is 0.00426. The molecule has 2 aromatic rings. The van der Waals surface area contributed by atoms with Gasteiger partial charge < -0.3 is 29.7 Å². The lowest BCUT2D eigenvalue weighted by Crippen LogP contribution is -2.45. The molecule has 0 atom stereocenters. The van der Waals surface area contributed by atoms with E-state index in [9.17, 15) is 14.7 Å². The highest BCUT2D eigenvalue weighted by Gasteiger charge is 2.20. The van der Waals surface area contributed by atoms with Crippen molar-refractivity contribution in [3.8, 4) is 5.75 Å². The normalized spacial score (nSPS) is 15.8. The fourth-order valence-electron chi connectivity index (χ4n) is 3.64. The summed E-state index contributed by atoms with van der Waals surface area (Å²) in [6, 6.07) is 6.85. The molecule has 2 heterocycles. The quantitative estimate of drug-likeness (QED) is 0.702. The number of rotatable bonds is 6. The SMILES string of the molecule is COc1cc(CO)c2ccc(=O)n(CCN3CCC(NC(=O)O)CC3)c2c1. The van der Waals surface area contributed by atoms with Crippen molar-refractivity contribution in [2.24, 2.45) is 0 Å². The van der Waals surface area contributed by atoms with Crippen LogP contribution in [0.25, 0.3) is 10.9 Å². The molecule has 1 fully saturated rings. The van der Waals surface area contributed by atoms with Crippen LogP contribution in [0.1, 0.15) is 18.4 Å². The summed E-state index contributed by atoms with van der Waals surface area (Å²) >= 11 is 0. The highest BCUT2D eigenvalue weighted by Crippen LogP contribution is 2.24. The van der Waals surface area contributed by atoms with Crippen molar-refractivity contribution >= 4 is 17.0 Å². The largest absolute Gasteiger partial charge is 0.497 e. The van der Waals surface area contributed by atoms with Crippen LogP contribution in [-0.4, -0.2) is 58.6 Å². The van der Waals surface area contributed by atoms with Gasteiger partial charge in [0.2, 0.25) is 0 Å². The molecule has 1 aliphatic rings. The third-order valence-corrected chi connectivity index (χ3v) is 5.13. The van der Waals surface area contributed by atoms with Crippen molar-refractivity contribution in [2.75, 3.05) is 26.7 Å². The van der Waals surface area contributed by atoms with E-state index in [0.717, 1.165) is 42.4 Å². The molecule has 0 radical (unpaired) electrons. The Morgan fingerprint density at radius 2 is 2.00 bits per heavy atom. The number of hydrogen-bond donors (Lipinski definition) is 3. The van der Waals surface area contributed by atoms with E-state index >= 15 is 0 Å². The number of aromatic nitrogens is 1. The standard InChI is InChI=1S/C19H25N3O5/c1-27-15-10-13(12-23)16-2-3-18(24)22(17(16)11-15)9-8-21-6-4-14(5-7-21)20-19(25)26/h2-3,10-11,14,20,23H,4-9,12H2,1H3,(H,25,26). The van der Waals surface area contributed by atoms with Gasteiger partial charge in [-0.1, -0.05) is 0 Å². The number of benzene rings is 1. The smallest absolute Gasteiger partial charge is 0.404 e. The zero-order valence-electron chi connectivity index (χ0n) is 15.4. The molecule has 1 aromatic carbocycles. The third kappa shape index (κ3) is 4.40. The van der Waals surface area contributed by atoms with Crippen molar-refractivity contribution in [1.82, 2.24) is 14.8 Å². The number of ether oxygens (including phenoxy) is 1. The lowest BCUT2D eigenvalue weighted by molar-refractivity contribution is 0.166. The number of piperidine rings is 1. The Hall–Kier alpha value is -2.58. The molecule has 3 rings (SSSR count). The van der Waals surface area contributed by atoms with Crippen molar-refractivity contribution in [1.29, 1.82) is 0 Å². The fourth-order valence-corrected chi connectivity index (χ4v) is 3.64. The number of amides is 1. The molecule has 8 nitrogen and oxygen atoms in total. The van der Waals surface area contributed by atoms with Gasteiger partial charge in [0, 0.05) is 49.7 Å². The second kappa shape index (κ2) is 8.41. The second-order valence-corrected chi connectivity index (χ2v) is 6.77. The summed E-state index contributed by atoms with van der Waals surface area (Å²) in [4.78, 5) is 25.4. The molecule has 1 amide bonds. The molecular weight excluding hydrogens is 350 g/mol. The Morgan fingerprint density at radius 1 is 1.26 bits per heavy atom. The molecule has 1 saturated heterocycles. The number of methoxy groups -OCH3 is 1. The molecule has 146 valence electrons. The molecule has 0 unspecified atom stereocenters. The summed E-state index contributed by atoms with van der Waals surface area (Å²) in [6.45, 7) is 2.66. The number of aliphatic hydroxyl groups excluding tert-OH is 1. The van der Waals surface area contributed by atoms with Gasteiger partial charge in [-0.3, -0.25) is 4.79 Å². The number of nitrogens with zero attached hydrogens (tertiary/aromatic N) is 2. The van der Waals surface area contributed by atoms with Crippen LogP contribution in [0.15, 0.2) is 29.1 Å². The van der Waals surface area contributed by atoms with Crippen LogP contribution < -0.4 is 15.6 Å². The zero-order valence-corrected chi connectivity index (χ0v) is 15.4. The van der Waals surface area contributed by atoms with E-state index in [-0.39, 0.29) is 18.2 Å². The fraction of sp³-hybridized carbons (Fsp3) is 0.474. The Bertz CT molecular complexity index is 872. The van der Waals surface area contributed by atoms with E-state index in [1.54, 1.807) is 23.8 Å². The lowest BCUT2D eigenvalue weighted by Gasteiger charge is -2.31. The molecule has 27 heavy (non-hydrogen) atoms. The maximum absolute atomic E-state index is 12.4. The van der Waals surface area contributed by atoms with Gasteiger partial charge in [0.25, 0.3) is 5.56 Å². The summed E-state index contributed by atoms with van der Waals surface area (Å²) in [5.74, 6) is 0.603. The minimum Gasteiger partial charge on any atom is -0.497 e. The van der Waals surface area contributed by atoms with Gasteiger partial charge in [-0.25, -0.2) is 4.79 Å². The molecular formula is C19H25N3O5. The Balaban J connectivity index is 1.76. The summed E-state index contributed by atoms with van der Waals surface area (Å²) in [5.41, 5.74) is 1.37. The van der Waals surface area contributed by atoms with Crippen LogP contribution >= 0.6 is 0 Å². The third-order valence-electron chi connectivity index (χ3n) is 5.13. The maximum atomic E-state index is 12.4. The number of hydrogen-bond acceptors (Lipinski definition) is 5. The van der Waals surface area contributed by atoms with Gasteiger partial charge in [-0.05, 0) is 30.5 Å². The predicted molar refractivity (Wildman–Crippen MR) is 101 cm³/mol. The van der Waals surface area contributed by atoms with E-state index in [4.69, 9.17) is 9.84 Å². The number of fused-ring (bicyclic) bond motifs is 1. The van der Waals surface area contributed by atoms with Crippen LogP contribution in [0, 0.1) is 0 Å². The monoisotopic (exact) mass is 375 g/mol. The Morgan fingerprint density at radius 3 is 2.63 bits per heavy atom. The summed E-state index contributed by atoms with van der Waals surface area (Å²) < 4.78 is 7.01. The van der Waals surface area contributed by atoms with Gasteiger partial charge in [0.05, 0.1) is 19.2 Å². The first kappa shape index (κ1) is 19.2. The number of nitrogens with one attached hydrogen (secondary N) is 1. The molecule has 3 N–H and O–H groups in total. The van der Waals surface area contributed by atoms with Gasteiger partial charge in [0.15, 0.2) is 0 Å². The topological polar surface area (TPSA) is 104 Å². The van der Waals surface area contributed by atoms with Gasteiger partial charge in [-0.2, -0.15) is 0 Å². The molecule has 0 bridgehead atoms. The summed E-state index contributed by atoms with van der Waals surface area (Å²) in [7, 11) is 1.56. The molecule has 0 aliphatic carbocycles.